The second-order valence-corrected chi connectivity index (χ2v) is 5.47. The van der Waals surface area contributed by atoms with Crippen molar-refractivity contribution in [2.75, 3.05) is 5.32 Å². The van der Waals surface area contributed by atoms with Crippen LogP contribution in [-0.2, 0) is 6.54 Å². The van der Waals surface area contributed by atoms with Gasteiger partial charge in [0.15, 0.2) is 0 Å². The van der Waals surface area contributed by atoms with Gasteiger partial charge in [0.25, 0.3) is 0 Å². The zero-order chi connectivity index (χ0) is 15.4. The van der Waals surface area contributed by atoms with E-state index < -0.39 is 0 Å². The Morgan fingerprint density at radius 2 is 1.71 bits per heavy atom. The van der Waals surface area contributed by atoms with Crippen molar-refractivity contribution in [2.24, 2.45) is 0 Å². The summed E-state index contributed by atoms with van der Waals surface area (Å²) in [6.45, 7) is 8.95. The van der Waals surface area contributed by atoms with Crippen LogP contribution in [0.2, 0.25) is 0 Å². The zero-order valence-electron chi connectivity index (χ0n) is 13.1. The molecule has 0 aliphatic rings. The van der Waals surface area contributed by atoms with Crippen molar-refractivity contribution in [1.29, 1.82) is 0 Å². The van der Waals surface area contributed by atoms with Gasteiger partial charge < -0.3 is 5.32 Å². The zero-order valence-corrected chi connectivity index (χ0v) is 13.1. The summed E-state index contributed by atoms with van der Waals surface area (Å²) in [6, 6.07) is 9.28. The first-order valence-electron chi connectivity index (χ1n) is 7.24. The molecule has 0 radical (unpaired) electrons. The van der Waals surface area contributed by atoms with E-state index in [0.29, 0.717) is 6.54 Å². The smallest absolute Gasteiger partial charge is 0.123 e. The molecule has 0 saturated carbocycles. The first kappa shape index (κ1) is 15.3. The predicted octanol–water partition coefficient (Wildman–Crippen LogP) is 5.40. The summed E-state index contributed by atoms with van der Waals surface area (Å²) in [4.78, 5) is 0. The Bertz CT molecular complexity index is 648. The van der Waals surface area contributed by atoms with E-state index in [1.54, 1.807) is 6.07 Å². The number of rotatable bonds is 4. The lowest BCUT2D eigenvalue weighted by atomic mass is 10.0. The first-order chi connectivity index (χ1) is 10.0. The highest BCUT2D eigenvalue weighted by Crippen LogP contribution is 2.23. The Morgan fingerprint density at radius 1 is 1.05 bits per heavy atom. The molecule has 0 saturated heterocycles. The normalized spacial score (nSPS) is 11.1. The average Bonchev–Trinajstić information content (AvgIpc) is 2.40. The number of halogens is 1. The van der Waals surface area contributed by atoms with E-state index in [2.05, 4.69) is 38.2 Å². The Balaban J connectivity index is 2.25. The standard InChI is InChI=1S/C19H22FN/c1-5-6-16-11-18(20)8-7-17(16)12-21-19-14(3)9-13(2)10-15(19)4/h5-11,21H,12H2,1-4H3/b6-5-. The van der Waals surface area contributed by atoms with E-state index in [4.69, 9.17) is 0 Å². The molecule has 21 heavy (non-hydrogen) atoms. The maximum absolute atomic E-state index is 13.4. The molecule has 0 aliphatic heterocycles. The summed E-state index contributed by atoms with van der Waals surface area (Å²) in [7, 11) is 0. The number of allylic oxidation sites excluding steroid dienone is 1. The molecule has 0 unspecified atom stereocenters. The largest absolute Gasteiger partial charge is 0.381 e. The Morgan fingerprint density at radius 3 is 2.33 bits per heavy atom. The molecule has 0 heterocycles. The fraction of sp³-hybridized carbons (Fsp3) is 0.263. The highest BCUT2D eigenvalue weighted by atomic mass is 19.1. The molecule has 2 aromatic rings. The van der Waals surface area contributed by atoms with Crippen molar-refractivity contribution < 1.29 is 4.39 Å². The van der Waals surface area contributed by atoms with Gasteiger partial charge >= 0.3 is 0 Å². The van der Waals surface area contributed by atoms with Crippen LogP contribution in [-0.4, -0.2) is 0 Å². The van der Waals surface area contributed by atoms with Gasteiger partial charge in [0, 0.05) is 12.2 Å². The Labute approximate surface area is 126 Å². The van der Waals surface area contributed by atoms with E-state index in [1.807, 2.05) is 25.1 Å². The number of benzene rings is 2. The minimum Gasteiger partial charge on any atom is -0.381 e. The third-order valence-electron chi connectivity index (χ3n) is 3.59. The van der Waals surface area contributed by atoms with Crippen LogP contribution in [0.15, 0.2) is 36.4 Å². The minimum absolute atomic E-state index is 0.199. The number of aryl methyl sites for hydroxylation is 3. The molecule has 0 spiro atoms. The minimum atomic E-state index is -0.199. The lowest BCUT2D eigenvalue weighted by molar-refractivity contribution is 0.626. The average molecular weight is 283 g/mol. The Hall–Kier alpha value is -2.09. The third kappa shape index (κ3) is 3.72. The SMILES string of the molecule is C/C=C\c1cc(F)ccc1CNc1c(C)cc(C)cc1C. The lowest BCUT2D eigenvalue weighted by Crippen LogP contribution is -2.05. The van der Waals surface area contributed by atoms with Crippen molar-refractivity contribution in [3.63, 3.8) is 0 Å². The van der Waals surface area contributed by atoms with Crippen LogP contribution in [0.25, 0.3) is 6.08 Å². The lowest BCUT2D eigenvalue weighted by Gasteiger charge is -2.15. The van der Waals surface area contributed by atoms with Crippen molar-refractivity contribution >= 4 is 11.8 Å². The molecule has 2 aromatic carbocycles. The van der Waals surface area contributed by atoms with Gasteiger partial charge in [-0.15, -0.1) is 0 Å². The van der Waals surface area contributed by atoms with Gasteiger partial charge in [-0.05, 0) is 62.1 Å². The number of nitrogens with one attached hydrogen (secondary N) is 1. The molecule has 0 atom stereocenters. The fourth-order valence-electron chi connectivity index (χ4n) is 2.70. The van der Waals surface area contributed by atoms with Gasteiger partial charge in [0.05, 0.1) is 0 Å². The maximum Gasteiger partial charge on any atom is 0.123 e. The summed E-state index contributed by atoms with van der Waals surface area (Å²) in [6.07, 6.45) is 3.87. The summed E-state index contributed by atoms with van der Waals surface area (Å²) < 4.78 is 13.4. The highest BCUT2D eigenvalue weighted by molar-refractivity contribution is 5.60. The molecule has 0 amide bonds. The fourth-order valence-corrected chi connectivity index (χ4v) is 2.70. The Kier molecular flexibility index (Phi) is 4.79. The topological polar surface area (TPSA) is 12.0 Å². The predicted molar refractivity (Wildman–Crippen MR) is 89.1 cm³/mol. The summed E-state index contributed by atoms with van der Waals surface area (Å²) in [5.41, 5.74) is 6.92. The molecule has 0 aromatic heterocycles. The van der Waals surface area contributed by atoms with Crippen molar-refractivity contribution in [3.05, 3.63) is 70.0 Å². The molecule has 0 aliphatic carbocycles. The monoisotopic (exact) mass is 283 g/mol. The molecule has 1 nitrogen and oxygen atoms in total. The first-order valence-corrected chi connectivity index (χ1v) is 7.24. The highest BCUT2D eigenvalue weighted by Gasteiger charge is 2.06. The van der Waals surface area contributed by atoms with Crippen LogP contribution >= 0.6 is 0 Å². The van der Waals surface area contributed by atoms with E-state index >= 15 is 0 Å². The molecule has 2 rings (SSSR count). The van der Waals surface area contributed by atoms with E-state index in [9.17, 15) is 4.39 Å². The quantitative estimate of drug-likeness (QED) is 0.792. The van der Waals surface area contributed by atoms with Crippen LogP contribution in [0.4, 0.5) is 10.1 Å². The molecular formula is C19H22FN. The number of hydrogen-bond acceptors (Lipinski definition) is 1. The summed E-state index contributed by atoms with van der Waals surface area (Å²) in [5.74, 6) is -0.199. The van der Waals surface area contributed by atoms with E-state index in [-0.39, 0.29) is 5.82 Å². The van der Waals surface area contributed by atoms with Gasteiger partial charge in [0.2, 0.25) is 0 Å². The van der Waals surface area contributed by atoms with Crippen LogP contribution in [0.5, 0.6) is 0 Å². The molecule has 0 fully saturated rings. The summed E-state index contributed by atoms with van der Waals surface area (Å²) in [5, 5.41) is 3.49. The van der Waals surface area contributed by atoms with Gasteiger partial charge in [-0.25, -0.2) is 4.39 Å². The molecule has 1 N–H and O–H groups in total. The molecular weight excluding hydrogens is 261 g/mol. The van der Waals surface area contributed by atoms with Crippen LogP contribution in [0.3, 0.4) is 0 Å². The van der Waals surface area contributed by atoms with Gasteiger partial charge in [-0.3, -0.25) is 0 Å². The summed E-state index contributed by atoms with van der Waals surface area (Å²) >= 11 is 0. The number of hydrogen-bond donors (Lipinski definition) is 1. The van der Waals surface area contributed by atoms with Crippen molar-refractivity contribution in [3.8, 4) is 0 Å². The van der Waals surface area contributed by atoms with Crippen LogP contribution < -0.4 is 5.32 Å². The molecule has 110 valence electrons. The van der Waals surface area contributed by atoms with E-state index in [0.717, 1.165) is 16.8 Å². The second kappa shape index (κ2) is 6.57. The number of anilines is 1. The van der Waals surface area contributed by atoms with Gasteiger partial charge in [-0.1, -0.05) is 35.9 Å². The second-order valence-electron chi connectivity index (χ2n) is 5.47. The molecule has 2 heteroatoms. The maximum atomic E-state index is 13.4. The third-order valence-corrected chi connectivity index (χ3v) is 3.59. The van der Waals surface area contributed by atoms with Gasteiger partial charge in [-0.2, -0.15) is 0 Å². The van der Waals surface area contributed by atoms with Crippen LogP contribution in [0.1, 0.15) is 34.7 Å². The molecule has 0 bridgehead atoms. The van der Waals surface area contributed by atoms with Crippen molar-refractivity contribution in [1.82, 2.24) is 0 Å². The van der Waals surface area contributed by atoms with Gasteiger partial charge in [0.1, 0.15) is 5.82 Å². The van der Waals surface area contributed by atoms with Crippen LogP contribution in [0, 0.1) is 26.6 Å². The van der Waals surface area contributed by atoms with E-state index in [1.165, 1.54) is 22.8 Å². The van der Waals surface area contributed by atoms with Crippen molar-refractivity contribution in [2.45, 2.75) is 34.2 Å².